The molecule has 0 radical (unpaired) electrons. The van der Waals surface area contributed by atoms with Crippen LogP contribution in [-0.2, 0) is 6.54 Å². The third-order valence-corrected chi connectivity index (χ3v) is 2.64. The van der Waals surface area contributed by atoms with Gasteiger partial charge in [0.25, 0.3) is 0 Å². The highest BCUT2D eigenvalue weighted by Crippen LogP contribution is 2.09. The molecule has 98 valence electrons. The standard InChI is InChI=1S/C13H14N4OS/c1-18-12-7-11(15-9-16-12)17-13(19)14-8-10-5-3-2-4-6-10/h2-7,9H,8H2,1H3,(H2,14,15,16,17,19). The van der Waals surface area contributed by atoms with E-state index in [9.17, 15) is 0 Å². The zero-order chi connectivity index (χ0) is 13.5. The van der Waals surface area contributed by atoms with Gasteiger partial charge in [0.15, 0.2) is 5.11 Å². The largest absolute Gasteiger partial charge is 0.481 e. The summed E-state index contributed by atoms with van der Waals surface area (Å²) in [6, 6.07) is 11.7. The molecule has 5 nitrogen and oxygen atoms in total. The molecule has 0 bridgehead atoms. The molecule has 0 unspecified atom stereocenters. The Hall–Kier alpha value is -2.21. The van der Waals surface area contributed by atoms with E-state index in [0.29, 0.717) is 23.4 Å². The van der Waals surface area contributed by atoms with E-state index >= 15 is 0 Å². The lowest BCUT2D eigenvalue weighted by atomic mass is 10.2. The fraction of sp³-hybridized carbons (Fsp3) is 0.154. The zero-order valence-electron chi connectivity index (χ0n) is 10.5. The quantitative estimate of drug-likeness (QED) is 0.831. The smallest absolute Gasteiger partial charge is 0.218 e. The van der Waals surface area contributed by atoms with Crippen molar-refractivity contribution in [3.63, 3.8) is 0 Å². The lowest BCUT2D eigenvalue weighted by Crippen LogP contribution is -2.28. The SMILES string of the molecule is COc1cc(NC(=S)NCc2ccccc2)ncn1. The molecule has 19 heavy (non-hydrogen) atoms. The number of nitrogens with zero attached hydrogens (tertiary/aromatic N) is 2. The normalized spacial score (nSPS) is 9.74. The van der Waals surface area contributed by atoms with Crippen molar-refractivity contribution in [1.29, 1.82) is 0 Å². The van der Waals surface area contributed by atoms with E-state index in [-0.39, 0.29) is 0 Å². The highest BCUT2D eigenvalue weighted by Gasteiger charge is 2.01. The maximum absolute atomic E-state index is 5.19. The lowest BCUT2D eigenvalue weighted by Gasteiger charge is -2.10. The van der Waals surface area contributed by atoms with Gasteiger partial charge in [-0.05, 0) is 17.8 Å². The summed E-state index contributed by atoms with van der Waals surface area (Å²) in [6.07, 6.45) is 1.42. The van der Waals surface area contributed by atoms with Gasteiger partial charge in [-0.2, -0.15) is 0 Å². The minimum Gasteiger partial charge on any atom is -0.481 e. The van der Waals surface area contributed by atoms with Gasteiger partial charge in [-0.3, -0.25) is 0 Å². The van der Waals surface area contributed by atoms with Crippen LogP contribution in [0.3, 0.4) is 0 Å². The van der Waals surface area contributed by atoms with Crippen LogP contribution in [0.1, 0.15) is 5.56 Å². The molecule has 2 aromatic rings. The molecule has 1 aromatic heterocycles. The first-order chi connectivity index (χ1) is 9.28. The van der Waals surface area contributed by atoms with Crippen LogP contribution < -0.4 is 15.4 Å². The maximum atomic E-state index is 5.19. The molecule has 0 atom stereocenters. The Bertz CT molecular complexity index is 547. The number of rotatable bonds is 4. The van der Waals surface area contributed by atoms with E-state index in [0.717, 1.165) is 5.56 Å². The molecule has 0 saturated carbocycles. The highest BCUT2D eigenvalue weighted by atomic mass is 32.1. The van der Waals surface area contributed by atoms with Crippen molar-refractivity contribution in [3.05, 3.63) is 48.3 Å². The fourth-order valence-corrected chi connectivity index (χ4v) is 1.63. The van der Waals surface area contributed by atoms with Crippen LogP contribution in [0, 0.1) is 0 Å². The van der Waals surface area contributed by atoms with E-state index in [1.807, 2.05) is 30.3 Å². The monoisotopic (exact) mass is 274 g/mol. The van der Waals surface area contributed by atoms with Crippen molar-refractivity contribution in [2.75, 3.05) is 12.4 Å². The van der Waals surface area contributed by atoms with Crippen molar-refractivity contribution >= 4 is 23.1 Å². The number of hydrogen-bond acceptors (Lipinski definition) is 4. The van der Waals surface area contributed by atoms with Gasteiger partial charge in [0, 0.05) is 12.6 Å². The van der Waals surface area contributed by atoms with Crippen LogP contribution in [0.25, 0.3) is 0 Å². The van der Waals surface area contributed by atoms with Crippen LogP contribution >= 0.6 is 12.2 Å². The highest BCUT2D eigenvalue weighted by molar-refractivity contribution is 7.80. The predicted octanol–water partition coefficient (Wildman–Crippen LogP) is 1.97. The summed E-state index contributed by atoms with van der Waals surface area (Å²) in [7, 11) is 1.55. The number of nitrogens with one attached hydrogen (secondary N) is 2. The summed E-state index contributed by atoms with van der Waals surface area (Å²) >= 11 is 5.19. The second-order valence-corrected chi connectivity index (χ2v) is 4.15. The van der Waals surface area contributed by atoms with Crippen LogP contribution in [0.2, 0.25) is 0 Å². The Morgan fingerprint density at radius 2 is 2.05 bits per heavy atom. The lowest BCUT2D eigenvalue weighted by molar-refractivity contribution is 0.397. The molecule has 0 aliphatic rings. The van der Waals surface area contributed by atoms with Gasteiger partial charge in [0.2, 0.25) is 5.88 Å². The first kappa shape index (κ1) is 13.2. The maximum Gasteiger partial charge on any atom is 0.218 e. The van der Waals surface area contributed by atoms with Crippen molar-refractivity contribution in [2.24, 2.45) is 0 Å². The van der Waals surface area contributed by atoms with Crippen molar-refractivity contribution in [1.82, 2.24) is 15.3 Å². The fourth-order valence-electron chi connectivity index (χ4n) is 1.46. The van der Waals surface area contributed by atoms with Gasteiger partial charge in [0.1, 0.15) is 12.1 Å². The van der Waals surface area contributed by atoms with E-state index in [4.69, 9.17) is 17.0 Å². The Labute approximate surface area is 117 Å². The topological polar surface area (TPSA) is 59.1 Å². The third-order valence-electron chi connectivity index (χ3n) is 2.39. The molecular formula is C13H14N4OS. The Kier molecular flexibility index (Phi) is 4.63. The average molecular weight is 274 g/mol. The molecule has 0 amide bonds. The molecule has 2 N–H and O–H groups in total. The Balaban J connectivity index is 1.87. The van der Waals surface area contributed by atoms with Gasteiger partial charge in [-0.25, -0.2) is 9.97 Å². The van der Waals surface area contributed by atoms with Crippen LogP contribution in [-0.4, -0.2) is 22.2 Å². The van der Waals surface area contributed by atoms with E-state index in [1.54, 1.807) is 13.2 Å². The molecule has 0 aliphatic carbocycles. The third kappa shape index (κ3) is 4.18. The van der Waals surface area contributed by atoms with E-state index in [1.165, 1.54) is 6.33 Å². The molecule has 2 rings (SSSR count). The second kappa shape index (κ2) is 6.65. The van der Waals surface area contributed by atoms with Crippen molar-refractivity contribution in [2.45, 2.75) is 6.54 Å². The van der Waals surface area contributed by atoms with Crippen LogP contribution in [0.15, 0.2) is 42.7 Å². The number of benzene rings is 1. The minimum absolute atomic E-state index is 0.489. The average Bonchev–Trinajstić information content (AvgIpc) is 2.46. The number of anilines is 1. The summed E-state index contributed by atoms with van der Waals surface area (Å²) in [4.78, 5) is 7.97. The minimum atomic E-state index is 0.489. The molecule has 6 heteroatoms. The molecule has 0 aliphatic heterocycles. The molecule has 0 spiro atoms. The number of hydrogen-bond donors (Lipinski definition) is 2. The van der Waals surface area contributed by atoms with Crippen molar-refractivity contribution < 1.29 is 4.74 Å². The second-order valence-electron chi connectivity index (χ2n) is 3.74. The number of ether oxygens (including phenoxy) is 1. The van der Waals surface area contributed by atoms with Gasteiger partial charge in [-0.1, -0.05) is 30.3 Å². The number of methoxy groups -OCH3 is 1. The Morgan fingerprint density at radius 3 is 2.79 bits per heavy atom. The summed E-state index contributed by atoms with van der Waals surface area (Å²) in [6.45, 7) is 0.662. The van der Waals surface area contributed by atoms with Crippen molar-refractivity contribution in [3.8, 4) is 5.88 Å². The first-order valence-electron chi connectivity index (χ1n) is 5.73. The molecule has 0 saturated heterocycles. The van der Waals surface area contributed by atoms with Gasteiger partial charge in [-0.15, -0.1) is 0 Å². The number of thiocarbonyl (C=S) groups is 1. The van der Waals surface area contributed by atoms with Gasteiger partial charge in [0.05, 0.1) is 7.11 Å². The molecular weight excluding hydrogens is 260 g/mol. The van der Waals surface area contributed by atoms with E-state index < -0.39 is 0 Å². The summed E-state index contributed by atoms with van der Waals surface area (Å²) in [5.74, 6) is 1.08. The summed E-state index contributed by atoms with van der Waals surface area (Å²) < 4.78 is 5.01. The molecule has 1 heterocycles. The van der Waals surface area contributed by atoms with Gasteiger partial charge < -0.3 is 15.4 Å². The molecule has 0 fully saturated rings. The van der Waals surface area contributed by atoms with Crippen LogP contribution in [0.4, 0.5) is 5.82 Å². The van der Waals surface area contributed by atoms with Crippen LogP contribution in [0.5, 0.6) is 5.88 Å². The first-order valence-corrected chi connectivity index (χ1v) is 6.13. The predicted molar refractivity (Wildman–Crippen MR) is 78.1 cm³/mol. The Morgan fingerprint density at radius 1 is 1.26 bits per heavy atom. The molecule has 1 aromatic carbocycles. The summed E-state index contributed by atoms with van der Waals surface area (Å²) in [5.41, 5.74) is 1.16. The zero-order valence-corrected chi connectivity index (χ0v) is 11.3. The van der Waals surface area contributed by atoms with E-state index in [2.05, 4.69) is 20.6 Å². The summed E-state index contributed by atoms with van der Waals surface area (Å²) in [5, 5.41) is 6.58. The van der Waals surface area contributed by atoms with Gasteiger partial charge >= 0.3 is 0 Å². The number of aromatic nitrogens is 2.